The van der Waals surface area contributed by atoms with Crippen molar-refractivity contribution in [3.63, 3.8) is 0 Å². The Kier molecular flexibility index (Phi) is 3.71. The number of hydrogen-bond donors (Lipinski definition) is 2. The third kappa shape index (κ3) is 2.58. The van der Waals surface area contributed by atoms with Crippen molar-refractivity contribution < 1.29 is 0 Å². The third-order valence-electron chi connectivity index (χ3n) is 6.27. The Hall–Kier alpha value is -4.05. The minimum atomic E-state index is 0.0362. The summed E-state index contributed by atoms with van der Waals surface area (Å²) in [5.74, 6) is 0. The number of nitrogen functional groups attached to an aromatic ring is 2. The van der Waals surface area contributed by atoms with Crippen LogP contribution in [0.15, 0.2) is 84.9 Å². The molecule has 1 aliphatic rings. The maximum absolute atomic E-state index is 6.41. The van der Waals surface area contributed by atoms with Gasteiger partial charge in [-0.2, -0.15) is 0 Å². The summed E-state index contributed by atoms with van der Waals surface area (Å²) in [6.45, 7) is 0. The monoisotopic (exact) mass is 402 g/mol. The molecule has 31 heavy (non-hydrogen) atoms. The van der Waals surface area contributed by atoms with Gasteiger partial charge in [-0.05, 0) is 35.4 Å². The molecule has 0 saturated carbocycles. The molecule has 150 valence electrons. The normalized spacial score (nSPS) is 15.1. The summed E-state index contributed by atoms with van der Waals surface area (Å²) in [6, 6.07) is 29.0. The smallest absolute Gasteiger partial charge is 0.0800 e. The maximum atomic E-state index is 6.41. The topological polar surface area (TPSA) is 68.2 Å². The summed E-state index contributed by atoms with van der Waals surface area (Å²) >= 11 is 0. The number of pyridine rings is 1. The fraction of sp³-hybridized carbons (Fsp3) is 0.0741. The minimum Gasteiger partial charge on any atom is -0.399 e. The zero-order chi connectivity index (χ0) is 21.1. The maximum Gasteiger partial charge on any atom is 0.0800 e. The molecule has 0 fully saturated rings. The number of aromatic nitrogens is 1. The summed E-state index contributed by atoms with van der Waals surface area (Å²) in [6.07, 6.45) is 0. The number of rotatable bonds is 2. The second-order valence-electron chi connectivity index (χ2n) is 8.22. The first-order chi connectivity index (χ1) is 15.1. The van der Waals surface area contributed by atoms with E-state index >= 15 is 0 Å². The zero-order valence-electron chi connectivity index (χ0n) is 17.2. The Morgan fingerprint density at radius 2 is 1.45 bits per heavy atom. The van der Waals surface area contributed by atoms with Crippen LogP contribution in [0, 0.1) is 0 Å². The molecule has 0 radical (unpaired) electrons. The molecule has 1 aliphatic heterocycles. The van der Waals surface area contributed by atoms with Crippen LogP contribution in [-0.4, -0.2) is 12.0 Å². The molecule has 2 heterocycles. The largest absolute Gasteiger partial charge is 0.399 e. The van der Waals surface area contributed by atoms with E-state index in [0.717, 1.165) is 44.6 Å². The van der Waals surface area contributed by atoms with Gasteiger partial charge < -0.3 is 16.4 Å². The predicted octanol–water partition coefficient (Wildman–Crippen LogP) is 5.76. The van der Waals surface area contributed by atoms with Gasteiger partial charge >= 0.3 is 0 Å². The minimum absolute atomic E-state index is 0.0362. The van der Waals surface area contributed by atoms with E-state index < -0.39 is 0 Å². The Morgan fingerprint density at radius 3 is 2.19 bits per heavy atom. The van der Waals surface area contributed by atoms with Gasteiger partial charge in [-0.3, -0.25) is 0 Å². The van der Waals surface area contributed by atoms with E-state index in [2.05, 4.69) is 60.5 Å². The van der Waals surface area contributed by atoms with Crippen molar-refractivity contribution >= 4 is 38.7 Å². The molecule has 6 rings (SSSR count). The predicted molar refractivity (Wildman–Crippen MR) is 130 cm³/mol. The lowest BCUT2D eigenvalue weighted by Gasteiger charge is -2.37. The Balaban J connectivity index is 1.80. The van der Waals surface area contributed by atoms with Crippen molar-refractivity contribution in [2.75, 3.05) is 23.4 Å². The summed E-state index contributed by atoms with van der Waals surface area (Å²) in [7, 11) is 2.13. The molecule has 4 heteroatoms. The highest BCUT2D eigenvalue weighted by Gasteiger charge is 2.31. The molecule has 0 spiro atoms. The van der Waals surface area contributed by atoms with E-state index in [1.54, 1.807) is 0 Å². The van der Waals surface area contributed by atoms with Crippen LogP contribution >= 0.6 is 0 Å². The summed E-state index contributed by atoms with van der Waals surface area (Å²) < 4.78 is 0. The van der Waals surface area contributed by atoms with Gasteiger partial charge in [0.05, 0.1) is 17.3 Å². The molecule has 1 atom stereocenters. The van der Waals surface area contributed by atoms with E-state index in [1.165, 1.54) is 16.5 Å². The second-order valence-corrected chi connectivity index (χ2v) is 8.22. The van der Waals surface area contributed by atoms with Gasteiger partial charge in [-0.25, -0.2) is 4.98 Å². The molecule has 4 N–H and O–H groups in total. The van der Waals surface area contributed by atoms with Gasteiger partial charge in [0, 0.05) is 45.8 Å². The molecular formula is C27H22N4. The fourth-order valence-corrected chi connectivity index (χ4v) is 5.01. The summed E-state index contributed by atoms with van der Waals surface area (Å²) in [5.41, 5.74) is 20.7. The average molecular weight is 403 g/mol. The first kappa shape index (κ1) is 17.8. The van der Waals surface area contributed by atoms with Crippen LogP contribution in [0.2, 0.25) is 0 Å². The van der Waals surface area contributed by atoms with E-state index in [9.17, 15) is 0 Å². The highest BCUT2D eigenvalue weighted by atomic mass is 15.1. The molecule has 4 nitrogen and oxygen atoms in total. The molecule has 0 aliphatic carbocycles. The lowest BCUT2D eigenvalue weighted by Crippen LogP contribution is -2.28. The van der Waals surface area contributed by atoms with E-state index in [1.807, 2.05) is 36.4 Å². The zero-order valence-corrected chi connectivity index (χ0v) is 17.2. The van der Waals surface area contributed by atoms with Crippen LogP contribution < -0.4 is 16.4 Å². The average Bonchev–Trinajstić information content (AvgIpc) is 2.78. The number of hydrogen-bond acceptors (Lipinski definition) is 4. The Labute approximate surface area is 180 Å². The Bertz CT molecular complexity index is 1460. The Morgan fingerprint density at radius 1 is 0.774 bits per heavy atom. The molecule has 0 saturated heterocycles. The summed E-state index contributed by atoms with van der Waals surface area (Å²) in [5, 5.41) is 3.41. The van der Waals surface area contributed by atoms with Crippen LogP contribution in [0.3, 0.4) is 0 Å². The van der Waals surface area contributed by atoms with Crippen molar-refractivity contribution in [3.05, 3.63) is 96.1 Å². The number of nitrogens with two attached hydrogens (primary N) is 2. The number of nitrogens with zero attached hydrogens (tertiary/aromatic N) is 2. The first-order valence-corrected chi connectivity index (χ1v) is 10.4. The number of benzene rings is 4. The van der Waals surface area contributed by atoms with E-state index in [0.29, 0.717) is 0 Å². The van der Waals surface area contributed by atoms with Crippen molar-refractivity contribution in [2.24, 2.45) is 0 Å². The third-order valence-corrected chi connectivity index (χ3v) is 6.27. The lowest BCUT2D eigenvalue weighted by molar-refractivity contribution is 0.787. The van der Waals surface area contributed by atoms with Gasteiger partial charge in [0.15, 0.2) is 0 Å². The molecule has 1 unspecified atom stereocenters. The summed E-state index contributed by atoms with van der Waals surface area (Å²) in [4.78, 5) is 7.42. The van der Waals surface area contributed by atoms with E-state index in [4.69, 9.17) is 16.5 Å². The van der Waals surface area contributed by atoms with Crippen molar-refractivity contribution in [1.82, 2.24) is 4.98 Å². The molecule has 1 aromatic heterocycles. The molecule has 0 bridgehead atoms. The number of anilines is 3. The van der Waals surface area contributed by atoms with Gasteiger partial charge in [0.25, 0.3) is 0 Å². The van der Waals surface area contributed by atoms with Gasteiger partial charge in [0.2, 0.25) is 0 Å². The van der Waals surface area contributed by atoms with Gasteiger partial charge in [-0.1, -0.05) is 60.7 Å². The van der Waals surface area contributed by atoms with Crippen molar-refractivity contribution in [1.29, 1.82) is 0 Å². The first-order valence-electron chi connectivity index (χ1n) is 10.4. The van der Waals surface area contributed by atoms with Gasteiger partial charge in [-0.15, -0.1) is 0 Å². The van der Waals surface area contributed by atoms with Crippen LogP contribution in [0.1, 0.15) is 17.2 Å². The molecule has 5 aromatic rings. The van der Waals surface area contributed by atoms with Crippen molar-refractivity contribution in [2.45, 2.75) is 6.04 Å². The SMILES string of the molecule is CN1c2cc(N)cc3c(-c4ccccc4)nc4cc(N)cc(c4c23)C1c1ccccc1. The molecule has 0 amide bonds. The standard InChI is InChI=1S/C27H22N4/c1-31-23-15-19(29)12-20-25(23)24-21(27(31)17-10-6-3-7-11-17)13-18(28)14-22(24)30-26(20)16-8-4-2-5-9-16/h2-15,27H,28-29H2,1H3. The fourth-order valence-electron chi connectivity index (χ4n) is 5.01. The van der Waals surface area contributed by atoms with E-state index in [-0.39, 0.29) is 6.04 Å². The highest BCUT2D eigenvalue weighted by molar-refractivity contribution is 6.20. The van der Waals surface area contributed by atoms with Crippen LogP contribution in [0.25, 0.3) is 32.9 Å². The van der Waals surface area contributed by atoms with Crippen LogP contribution in [-0.2, 0) is 0 Å². The van der Waals surface area contributed by atoms with Crippen molar-refractivity contribution in [3.8, 4) is 11.3 Å². The highest BCUT2D eigenvalue weighted by Crippen LogP contribution is 2.49. The molecule has 4 aromatic carbocycles. The quantitative estimate of drug-likeness (QED) is 0.291. The van der Waals surface area contributed by atoms with Crippen LogP contribution in [0.4, 0.5) is 17.1 Å². The van der Waals surface area contributed by atoms with Gasteiger partial charge in [0.1, 0.15) is 0 Å². The second kappa shape index (κ2) is 6.47. The van der Waals surface area contributed by atoms with Crippen LogP contribution in [0.5, 0.6) is 0 Å². The lowest BCUT2D eigenvalue weighted by atomic mass is 9.85. The molecular weight excluding hydrogens is 380 g/mol.